The van der Waals surface area contributed by atoms with Crippen LogP contribution in [0.5, 0.6) is 0 Å². The summed E-state index contributed by atoms with van der Waals surface area (Å²) in [6.07, 6.45) is 0. The van der Waals surface area contributed by atoms with E-state index in [1.165, 1.54) is 21.7 Å². The van der Waals surface area contributed by atoms with Gasteiger partial charge in [-0.25, -0.2) is 4.98 Å². The monoisotopic (exact) mass is 259 g/mol. The third-order valence-corrected chi connectivity index (χ3v) is 4.00. The standard InChI is InChI=1S/C19H15N/c1-12-7-10-18-17(11-12)13(2)15-9-8-14-5-3-4-6-16(14)19(15)20-18/h3-11H,1-2H3/i1T. The van der Waals surface area contributed by atoms with Crippen molar-refractivity contribution in [2.45, 2.75) is 13.8 Å². The Morgan fingerprint density at radius 1 is 0.900 bits per heavy atom. The second kappa shape index (κ2) is 4.04. The number of pyridine rings is 1. The molecule has 0 spiro atoms. The first-order valence-electron chi connectivity index (χ1n) is 7.48. The minimum absolute atomic E-state index is 0.311. The van der Waals surface area contributed by atoms with E-state index in [0.29, 0.717) is 6.90 Å². The summed E-state index contributed by atoms with van der Waals surface area (Å²) >= 11 is 0. The maximum absolute atomic E-state index is 7.54. The maximum Gasteiger partial charge on any atom is 0.0790 e. The van der Waals surface area contributed by atoms with E-state index >= 15 is 0 Å². The Kier molecular flexibility index (Phi) is 2.10. The molecule has 1 nitrogen and oxygen atoms in total. The van der Waals surface area contributed by atoms with Gasteiger partial charge in [-0.2, -0.15) is 0 Å². The molecule has 0 aliphatic rings. The molecule has 1 heterocycles. The lowest BCUT2D eigenvalue weighted by molar-refractivity contribution is 1.43. The lowest BCUT2D eigenvalue weighted by Crippen LogP contribution is -1.89. The average Bonchev–Trinajstić information content (AvgIpc) is 2.54. The van der Waals surface area contributed by atoms with Gasteiger partial charge >= 0.3 is 0 Å². The largest absolute Gasteiger partial charge is 0.247 e. The van der Waals surface area contributed by atoms with E-state index < -0.39 is 0 Å². The molecule has 0 saturated carbocycles. The predicted octanol–water partition coefficient (Wildman–Crippen LogP) is 5.16. The third-order valence-electron chi connectivity index (χ3n) is 4.00. The Balaban J connectivity index is 2.21. The van der Waals surface area contributed by atoms with Gasteiger partial charge in [0.25, 0.3) is 0 Å². The van der Waals surface area contributed by atoms with Crippen LogP contribution in [0.2, 0.25) is 0 Å². The second-order valence-corrected chi connectivity index (χ2v) is 5.27. The smallest absolute Gasteiger partial charge is 0.0790 e. The molecule has 0 aliphatic carbocycles. The second-order valence-electron chi connectivity index (χ2n) is 5.27. The molecule has 4 rings (SSSR count). The van der Waals surface area contributed by atoms with Crippen molar-refractivity contribution in [3.05, 3.63) is 65.7 Å². The van der Waals surface area contributed by atoms with Gasteiger partial charge in [-0.15, -0.1) is 0 Å². The molecule has 0 fully saturated rings. The van der Waals surface area contributed by atoms with Gasteiger partial charge in [-0.3, -0.25) is 0 Å². The summed E-state index contributed by atoms with van der Waals surface area (Å²) in [6, 6.07) is 18.8. The molecule has 4 aromatic rings. The van der Waals surface area contributed by atoms with E-state index in [0.717, 1.165) is 22.0 Å². The highest BCUT2D eigenvalue weighted by molar-refractivity contribution is 6.10. The van der Waals surface area contributed by atoms with Gasteiger partial charge in [0.15, 0.2) is 0 Å². The van der Waals surface area contributed by atoms with E-state index in [9.17, 15) is 0 Å². The fourth-order valence-electron chi connectivity index (χ4n) is 2.92. The molecule has 3 aromatic carbocycles. The molecular weight excluding hydrogens is 242 g/mol. The number of rotatable bonds is 0. The maximum atomic E-state index is 7.54. The Labute approximate surface area is 119 Å². The summed E-state index contributed by atoms with van der Waals surface area (Å²) in [6.45, 7) is 2.46. The van der Waals surface area contributed by atoms with Crippen molar-refractivity contribution in [1.29, 1.82) is 0 Å². The van der Waals surface area contributed by atoms with Gasteiger partial charge in [-0.1, -0.05) is 48.0 Å². The van der Waals surface area contributed by atoms with Gasteiger partial charge in [0, 0.05) is 17.5 Å². The quantitative estimate of drug-likeness (QED) is 0.314. The first-order chi connectivity index (χ1) is 10.3. The van der Waals surface area contributed by atoms with Gasteiger partial charge in [0.1, 0.15) is 0 Å². The molecule has 0 N–H and O–H groups in total. The molecular formula is C19H15N. The highest BCUT2D eigenvalue weighted by Crippen LogP contribution is 2.30. The Bertz CT molecular complexity index is 989. The Morgan fingerprint density at radius 2 is 1.80 bits per heavy atom. The summed E-state index contributed by atoms with van der Waals surface area (Å²) in [5.74, 6) is 0. The average molecular weight is 259 g/mol. The minimum Gasteiger partial charge on any atom is -0.247 e. The van der Waals surface area contributed by atoms with Crippen molar-refractivity contribution in [2.75, 3.05) is 0 Å². The van der Waals surface area contributed by atoms with Crippen LogP contribution in [-0.4, -0.2) is 4.98 Å². The summed E-state index contributed by atoms with van der Waals surface area (Å²) in [5, 5.41) is 4.77. The van der Waals surface area contributed by atoms with Gasteiger partial charge in [0.2, 0.25) is 0 Å². The number of benzene rings is 3. The molecule has 20 heavy (non-hydrogen) atoms. The molecule has 0 radical (unpaired) electrons. The van der Waals surface area contributed by atoms with Crippen LogP contribution in [0.15, 0.2) is 54.6 Å². The molecule has 0 bridgehead atoms. The summed E-state index contributed by atoms with van der Waals surface area (Å²) in [5.41, 5.74) is 4.36. The van der Waals surface area contributed by atoms with Crippen LogP contribution in [-0.2, 0) is 0 Å². The van der Waals surface area contributed by atoms with Crippen molar-refractivity contribution in [3.8, 4) is 0 Å². The van der Waals surface area contributed by atoms with Crippen molar-refractivity contribution in [2.24, 2.45) is 0 Å². The van der Waals surface area contributed by atoms with E-state index in [1.807, 2.05) is 12.1 Å². The van der Waals surface area contributed by atoms with Crippen molar-refractivity contribution < 1.29 is 1.37 Å². The lowest BCUT2D eigenvalue weighted by atomic mass is 9.99. The predicted molar refractivity (Wildman–Crippen MR) is 86.2 cm³/mol. The number of hydrogen-bond acceptors (Lipinski definition) is 1. The molecule has 1 heteroatoms. The normalized spacial score (nSPS) is 12.2. The van der Waals surface area contributed by atoms with Crippen LogP contribution >= 0.6 is 0 Å². The first-order valence-corrected chi connectivity index (χ1v) is 6.78. The topological polar surface area (TPSA) is 12.9 Å². The zero-order valence-electron chi connectivity index (χ0n) is 12.4. The molecule has 0 atom stereocenters. The van der Waals surface area contributed by atoms with E-state index in [2.05, 4.69) is 49.4 Å². The Hall–Kier alpha value is -2.41. The number of aromatic nitrogens is 1. The zero-order chi connectivity index (χ0) is 14.4. The van der Waals surface area contributed by atoms with Crippen molar-refractivity contribution >= 4 is 32.6 Å². The molecule has 1 aromatic heterocycles. The number of aryl methyl sites for hydroxylation is 2. The summed E-state index contributed by atoms with van der Waals surface area (Å²) in [7, 11) is 0. The van der Waals surface area contributed by atoms with Crippen LogP contribution < -0.4 is 0 Å². The number of nitrogens with zero attached hydrogens (tertiary/aromatic N) is 1. The first kappa shape index (κ1) is 10.4. The highest BCUT2D eigenvalue weighted by atomic mass is 14.7. The van der Waals surface area contributed by atoms with Crippen LogP contribution in [0.1, 0.15) is 12.5 Å². The van der Waals surface area contributed by atoms with Gasteiger partial charge in [0.05, 0.1) is 11.0 Å². The van der Waals surface area contributed by atoms with E-state index in [-0.39, 0.29) is 0 Å². The highest BCUT2D eigenvalue weighted by Gasteiger charge is 2.08. The fraction of sp³-hybridized carbons (Fsp3) is 0.105. The molecule has 0 saturated heterocycles. The molecule has 96 valence electrons. The summed E-state index contributed by atoms with van der Waals surface area (Å²) < 4.78 is 7.54. The SMILES string of the molecule is [3H]Cc1ccc2nc3c(ccc4ccccc43)c(C)c2c1. The Morgan fingerprint density at radius 3 is 2.70 bits per heavy atom. The minimum atomic E-state index is 0.311. The molecule has 0 aliphatic heterocycles. The zero-order valence-corrected chi connectivity index (χ0v) is 11.4. The molecule has 0 amide bonds. The van der Waals surface area contributed by atoms with Crippen molar-refractivity contribution in [3.63, 3.8) is 0 Å². The van der Waals surface area contributed by atoms with E-state index in [4.69, 9.17) is 6.35 Å². The van der Waals surface area contributed by atoms with Gasteiger partial charge in [-0.05, 0) is 36.9 Å². The van der Waals surface area contributed by atoms with E-state index in [1.54, 1.807) is 0 Å². The van der Waals surface area contributed by atoms with Crippen LogP contribution in [0, 0.1) is 13.8 Å². The number of hydrogen-bond donors (Lipinski definition) is 0. The van der Waals surface area contributed by atoms with Crippen molar-refractivity contribution in [1.82, 2.24) is 4.98 Å². The van der Waals surface area contributed by atoms with Crippen LogP contribution in [0.4, 0.5) is 0 Å². The summed E-state index contributed by atoms with van der Waals surface area (Å²) in [4.78, 5) is 4.88. The lowest BCUT2D eigenvalue weighted by Gasteiger charge is -2.10. The van der Waals surface area contributed by atoms with Crippen LogP contribution in [0.25, 0.3) is 32.6 Å². The fourth-order valence-corrected chi connectivity index (χ4v) is 2.92. The number of fused-ring (bicyclic) bond motifs is 4. The van der Waals surface area contributed by atoms with Crippen LogP contribution in [0.3, 0.4) is 0 Å². The molecule has 0 unspecified atom stereocenters. The third kappa shape index (κ3) is 1.53. The van der Waals surface area contributed by atoms with Gasteiger partial charge < -0.3 is 0 Å².